The molecule has 1 saturated carbocycles. The lowest BCUT2D eigenvalue weighted by molar-refractivity contribution is -0.387. The van der Waals surface area contributed by atoms with Gasteiger partial charge in [-0.1, -0.05) is 0 Å². The maximum atomic E-state index is 11.0. The molecular formula is C10H14N4O3. The van der Waals surface area contributed by atoms with Gasteiger partial charge in [-0.05, 0) is 18.8 Å². The van der Waals surface area contributed by atoms with Gasteiger partial charge in [0.05, 0.1) is 12.0 Å². The van der Waals surface area contributed by atoms with Crippen molar-refractivity contribution < 1.29 is 9.66 Å². The molecule has 1 fully saturated rings. The molecule has 0 spiro atoms. The number of aromatic nitrogens is 2. The SMILES string of the molecule is COc1ncnc(CC(N)C2CC2)c1[N+](=O)[O-]. The Balaban J connectivity index is 2.27. The summed E-state index contributed by atoms with van der Waals surface area (Å²) in [6.45, 7) is 0. The van der Waals surface area contributed by atoms with Crippen LogP contribution in [-0.4, -0.2) is 28.0 Å². The van der Waals surface area contributed by atoms with Gasteiger partial charge < -0.3 is 10.5 Å². The third-order valence-corrected chi connectivity index (χ3v) is 2.90. The molecule has 0 bridgehead atoms. The van der Waals surface area contributed by atoms with Crippen LogP contribution < -0.4 is 10.5 Å². The van der Waals surface area contributed by atoms with Gasteiger partial charge >= 0.3 is 5.69 Å². The number of hydrogen-bond donors (Lipinski definition) is 1. The van der Waals surface area contributed by atoms with Crippen LogP contribution in [0.25, 0.3) is 0 Å². The predicted octanol–water partition coefficient (Wildman–Crippen LogP) is 0.673. The molecule has 0 aliphatic heterocycles. The first-order valence-electron chi connectivity index (χ1n) is 5.41. The van der Waals surface area contributed by atoms with Gasteiger partial charge in [0.2, 0.25) is 0 Å². The van der Waals surface area contributed by atoms with E-state index in [0.717, 1.165) is 12.8 Å². The summed E-state index contributed by atoms with van der Waals surface area (Å²) in [6.07, 6.45) is 3.84. The van der Waals surface area contributed by atoms with Crippen molar-refractivity contribution in [1.29, 1.82) is 0 Å². The Morgan fingerprint density at radius 3 is 2.88 bits per heavy atom. The molecule has 1 aromatic rings. The van der Waals surface area contributed by atoms with Crippen LogP contribution in [0.2, 0.25) is 0 Å². The van der Waals surface area contributed by atoms with E-state index >= 15 is 0 Å². The first kappa shape index (κ1) is 11.7. The summed E-state index contributed by atoms with van der Waals surface area (Å²) >= 11 is 0. The zero-order valence-corrected chi connectivity index (χ0v) is 9.50. The monoisotopic (exact) mass is 238 g/mol. The van der Waals surface area contributed by atoms with E-state index in [2.05, 4.69) is 9.97 Å². The number of nitrogens with zero attached hydrogens (tertiary/aromatic N) is 3. The third kappa shape index (κ3) is 2.50. The van der Waals surface area contributed by atoms with Crippen LogP contribution in [0, 0.1) is 16.0 Å². The minimum atomic E-state index is -0.520. The van der Waals surface area contributed by atoms with Crippen molar-refractivity contribution in [1.82, 2.24) is 9.97 Å². The Labute approximate surface area is 98.2 Å². The second kappa shape index (κ2) is 4.62. The number of nitro groups is 1. The van der Waals surface area contributed by atoms with Crippen molar-refractivity contribution >= 4 is 5.69 Å². The molecule has 1 unspecified atom stereocenters. The highest BCUT2D eigenvalue weighted by Crippen LogP contribution is 2.35. The summed E-state index contributed by atoms with van der Waals surface area (Å²) in [5.74, 6) is 0.457. The predicted molar refractivity (Wildman–Crippen MR) is 59.6 cm³/mol. The van der Waals surface area contributed by atoms with Gasteiger partial charge in [0.1, 0.15) is 12.0 Å². The van der Waals surface area contributed by atoms with Crippen LogP contribution in [0.5, 0.6) is 5.88 Å². The van der Waals surface area contributed by atoms with Crippen LogP contribution in [0.3, 0.4) is 0 Å². The van der Waals surface area contributed by atoms with Gasteiger partial charge in [-0.15, -0.1) is 0 Å². The number of nitrogens with two attached hydrogens (primary N) is 1. The highest BCUT2D eigenvalue weighted by Gasteiger charge is 2.32. The molecule has 17 heavy (non-hydrogen) atoms. The Morgan fingerprint density at radius 1 is 1.65 bits per heavy atom. The van der Waals surface area contributed by atoms with Crippen molar-refractivity contribution in [2.24, 2.45) is 11.7 Å². The van der Waals surface area contributed by atoms with Crippen LogP contribution in [0.15, 0.2) is 6.33 Å². The minimum absolute atomic E-state index is 0.0111. The number of methoxy groups -OCH3 is 1. The molecular weight excluding hydrogens is 224 g/mol. The molecule has 2 N–H and O–H groups in total. The summed E-state index contributed by atoms with van der Waals surface area (Å²) in [5, 5.41) is 11.0. The molecule has 7 nitrogen and oxygen atoms in total. The fourth-order valence-electron chi connectivity index (χ4n) is 1.79. The standard InChI is InChI=1S/C10H14N4O3/c1-17-10-9(14(15)16)8(12-5-13-10)4-7(11)6-2-3-6/h5-7H,2-4,11H2,1H3. The first-order valence-corrected chi connectivity index (χ1v) is 5.41. The van der Waals surface area contributed by atoms with Gasteiger partial charge in [-0.2, -0.15) is 4.98 Å². The second-order valence-corrected chi connectivity index (χ2v) is 4.14. The molecule has 1 atom stereocenters. The van der Waals surface area contributed by atoms with Gasteiger partial charge in [-0.25, -0.2) is 4.98 Å². The lowest BCUT2D eigenvalue weighted by atomic mass is 10.1. The average Bonchev–Trinajstić information content (AvgIpc) is 3.11. The van der Waals surface area contributed by atoms with Crippen LogP contribution in [-0.2, 0) is 6.42 Å². The van der Waals surface area contributed by atoms with Crippen molar-refractivity contribution in [2.45, 2.75) is 25.3 Å². The lowest BCUT2D eigenvalue weighted by Gasteiger charge is -2.10. The van der Waals surface area contributed by atoms with E-state index in [1.165, 1.54) is 13.4 Å². The minimum Gasteiger partial charge on any atom is -0.476 e. The van der Waals surface area contributed by atoms with E-state index in [1.807, 2.05) is 0 Å². The van der Waals surface area contributed by atoms with Crippen LogP contribution in [0.4, 0.5) is 5.69 Å². The maximum Gasteiger partial charge on any atom is 0.352 e. The zero-order chi connectivity index (χ0) is 12.4. The molecule has 7 heteroatoms. The first-order chi connectivity index (χ1) is 8.13. The third-order valence-electron chi connectivity index (χ3n) is 2.90. The fraction of sp³-hybridized carbons (Fsp3) is 0.600. The maximum absolute atomic E-state index is 11.0. The number of rotatable bonds is 5. The summed E-state index contributed by atoms with van der Waals surface area (Å²) < 4.78 is 4.87. The molecule has 0 amide bonds. The lowest BCUT2D eigenvalue weighted by Crippen LogP contribution is -2.26. The summed E-state index contributed by atoms with van der Waals surface area (Å²) in [6, 6.07) is -0.0756. The van der Waals surface area contributed by atoms with Crippen LogP contribution >= 0.6 is 0 Å². The normalized spacial score (nSPS) is 16.6. The molecule has 2 rings (SSSR count). The van der Waals surface area contributed by atoms with Crippen molar-refractivity contribution in [3.63, 3.8) is 0 Å². The largest absolute Gasteiger partial charge is 0.476 e. The van der Waals surface area contributed by atoms with Crippen molar-refractivity contribution in [3.05, 3.63) is 22.1 Å². The quantitative estimate of drug-likeness (QED) is 0.597. The summed E-state index contributed by atoms with van der Waals surface area (Å²) in [7, 11) is 1.35. The smallest absolute Gasteiger partial charge is 0.352 e. The molecule has 0 aromatic carbocycles. The highest BCUT2D eigenvalue weighted by atomic mass is 16.6. The van der Waals surface area contributed by atoms with Gasteiger partial charge in [-0.3, -0.25) is 10.1 Å². The molecule has 0 radical (unpaired) electrons. The molecule has 1 aliphatic carbocycles. The second-order valence-electron chi connectivity index (χ2n) is 4.14. The van der Waals surface area contributed by atoms with E-state index in [9.17, 15) is 10.1 Å². The van der Waals surface area contributed by atoms with E-state index in [1.54, 1.807) is 0 Å². The summed E-state index contributed by atoms with van der Waals surface area (Å²) in [4.78, 5) is 18.1. The average molecular weight is 238 g/mol. The van der Waals surface area contributed by atoms with Crippen molar-refractivity contribution in [3.8, 4) is 5.88 Å². The topological polar surface area (TPSA) is 104 Å². The van der Waals surface area contributed by atoms with Gasteiger partial charge in [0.15, 0.2) is 0 Å². The van der Waals surface area contributed by atoms with E-state index < -0.39 is 4.92 Å². The molecule has 0 saturated heterocycles. The van der Waals surface area contributed by atoms with E-state index in [4.69, 9.17) is 10.5 Å². The highest BCUT2D eigenvalue weighted by molar-refractivity contribution is 5.45. The molecule has 1 aliphatic rings. The Bertz CT molecular complexity index is 434. The zero-order valence-electron chi connectivity index (χ0n) is 9.50. The summed E-state index contributed by atoms with van der Waals surface area (Å²) in [5.41, 5.74) is 6.12. The van der Waals surface area contributed by atoms with E-state index in [0.29, 0.717) is 18.0 Å². The fourth-order valence-corrected chi connectivity index (χ4v) is 1.79. The van der Waals surface area contributed by atoms with Gasteiger partial charge in [0.25, 0.3) is 5.88 Å². The number of hydrogen-bond acceptors (Lipinski definition) is 6. The van der Waals surface area contributed by atoms with Crippen LogP contribution in [0.1, 0.15) is 18.5 Å². The Morgan fingerprint density at radius 2 is 2.35 bits per heavy atom. The van der Waals surface area contributed by atoms with Crippen molar-refractivity contribution in [2.75, 3.05) is 7.11 Å². The Kier molecular flexibility index (Phi) is 3.19. The number of ether oxygens (including phenoxy) is 1. The molecule has 1 aromatic heterocycles. The molecule has 1 heterocycles. The van der Waals surface area contributed by atoms with Gasteiger partial charge in [0, 0.05) is 12.5 Å². The Hall–Kier alpha value is -1.76. The van der Waals surface area contributed by atoms with E-state index in [-0.39, 0.29) is 17.6 Å². The molecule has 92 valence electrons.